The van der Waals surface area contributed by atoms with Crippen LogP contribution in [0.2, 0.25) is 0 Å². The van der Waals surface area contributed by atoms with E-state index in [9.17, 15) is 4.79 Å². The number of nitrogens with one attached hydrogen (secondary N) is 2. The Balaban J connectivity index is 3.44. The van der Waals surface area contributed by atoms with Crippen molar-refractivity contribution in [2.24, 2.45) is 5.92 Å². The number of urea groups is 1. The van der Waals surface area contributed by atoms with Gasteiger partial charge in [-0.1, -0.05) is 20.8 Å². The fourth-order valence-corrected chi connectivity index (χ4v) is 1.63. The molecule has 0 aromatic carbocycles. The van der Waals surface area contributed by atoms with Crippen LogP contribution in [-0.2, 0) is 4.74 Å². The summed E-state index contributed by atoms with van der Waals surface area (Å²) >= 11 is 1.81. The molecule has 96 valence electrons. The van der Waals surface area contributed by atoms with Gasteiger partial charge in [-0.25, -0.2) is 4.79 Å². The first kappa shape index (κ1) is 16.0. The van der Waals surface area contributed by atoms with Crippen LogP contribution in [0.5, 0.6) is 0 Å². The van der Waals surface area contributed by atoms with Crippen molar-refractivity contribution in [2.45, 2.75) is 46.1 Å². The van der Waals surface area contributed by atoms with Gasteiger partial charge < -0.3 is 10.1 Å². The van der Waals surface area contributed by atoms with Gasteiger partial charge in [-0.3, -0.25) is 3.53 Å². The summed E-state index contributed by atoms with van der Waals surface area (Å²) in [6, 6.07) is -0.144. The second-order valence-corrected chi connectivity index (χ2v) is 4.77. The number of rotatable bonds is 8. The van der Waals surface area contributed by atoms with E-state index in [2.05, 4.69) is 29.6 Å². The average molecular weight is 342 g/mol. The summed E-state index contributed by atoms with van der Waals surface area (Å²) in [6.45, 7) is 7.94. The van der Waals surface area contributed by atoms with Crippen molar-refractivity contribution in [1.29, 1.82) is 0 Å². The summed E-state index contributed by atoms with van der Waals surface area (Å²) in [4.78, 5) is 10.8. The lowest BCUT2D eigenvalue weighted by atomic mass is 10.0. The smallest absolute Gasteiger partial charge is 0.323 e. The SMILES string of the molecule is CCC(CC(C)C)OCCCNC(=O)NI. The van der Waals surface area contributed by atoms with Crippen molar-refractivity contribution in [3.8, 4) is 0 Å². The van der Waals surface area contributed by atoms with Gasteiger partial charge in [0.2, 0.25) is 0 Å². The Labute approximate surface area is 112 Å². The molecule has 0 aliphatic heterocycles. The molecule has 0 aliphatic carbocycles. The molecule has 2 amide bonds. The Morgan fingerprint density at radius 3 is 2.62 bits per heavy atom. The number of carbonyl (C=O) groups excluding carboxylic acids is 1. The number of ether oxygens (including phenoxy) is 1. The van der Waals surface area contributed by atoms with Crippen molar-refractivity contribution >= 4 is 28.9 Å². The maximum absolute atomic E-state index is 10.8. The molecule has 0 aromatic heterocycles. The van der Waals surface area contributed by atoms with Gasteiger partial charge in [0.05, 0.1) is 29.0 Å². The van der Waals surface area contributed by atoms with Gasteiger partial charge in [0.25, 0.3) is 0 Å². The molecule has 16 heavy (non-hydrogen) atoms. The maximum atomic E-state index is 10.8. The van der Waals surface area contributed by atoms with E-state index in [1.165, 1.54) is 0 Å². The molecule has 0 rings (SSSR count). The van der Waals surface area contributed by atoms with Crippen molar-refractivity contribution in [2.75, 3.05) is 13.2 Å². The van der Waals surface area contributed by atoms with E-state index in [1.54, 1.807) is 0 Å². The lowest BCUT2D eigenvalue weighted by molar-refractivity contribution is 0.0358. The van der Waals surface area contributed by atoms with Gasteiger partial charge >= 0.3 is 6.03 Å². The van der Waals surface area contributed by atoms with E-state index in [1.807, 2.05) is 22.9 Å². The third-order valence-electron chi connectivity index (χ3n) is 2.24. The van der Waals surface area contributed by atoms with Gasteiger partial charge in [-0.15, -0.1) is 0 Å². The third-order valence-corrected chi connectivity index (χ3v) is 2.73. The molecule has 5 heteroatoms. The average Bonchev–Trinajstić information content (AvgIpc) is 2.26. The number of hydrogen-bond acceptors (Lipinski definition) is 2. The van der Waals surface area contributed by atoms with Crippen LogP contribution in [0.3, 0.4) is 0 Å². The van der Waals surface area contributed by atoms with E-state index in [4.69, 9.17) is 4.74 Å². The Morgan fingerprint density at radius 2 is 2.12 bits per heavy atom. The molecule has 0 radical (unpaired) electrons. The lowest BCUT2D eigenvalue weighted by Gasteiger charge is -2.18. The molecule has 0 aliphatic rings. The Morgan fingerprint density at radius 1 is 1.44 bits per heavy atom. The third kappa shape index (κ3) is 9.21. The molecule has 0 heterocycles. The van der Waals surface area contributed by atoms with Crippen LogP contribution >= 0.6 is 22.9 Å². The molecule has 0 fully saturated rings. The van der Waals surface area contributed by atoms with Crippen LogP contribution in [0.1, 0.15) is 40.0 Å². The normalized spacial score (nSPS) is 12.6. The van der Waals surface area contributed by atoms with Gasteiger partial charge in [-0.05, 0) is 25.2 Å². The number of halogens is 1. The molecular formula is C11H23IN2O2. The largest absolute Gasteiger partial charge is 0.378 e. The summed E-state index contributed by atoms with van der Waals surface area (Å²) in [5.41, 5.74) is 0. The Kier molecular flexibility index (Phi) is 10.1. The molecule has 0 saturated heterocycles. The molecule has 4 nitrogen and oxygen atoms in total. The highest BCUT2D eigenvalue weighted by Crippen LogP contribution is 2.11. The lowest BCUT2D eigenvalue weighted by Crippen LogP contribution is -2.31. The predicted octanol–water partition coefficient (Wildman–Crippen LogP) is 2.87. The topological polar surface area (TPSA) is 50.4 Å². The van der Waals surface area contributed by atoms with Crippen LogP contribution in [-0.4, -0.2) is 25.3 Å². The van der Waals surface area contributed by atoms with E-state index in [0.717, 1.165) is 19.3 Å². The van der Waals surface area contributed by atoms with Crippen LogP contribution < -0.4 is 8.85 Å². The Bertz CT molecular complexity index is 189. The standard InChI is InChI=1S/C11H23IN2O2/c1-4-10(8-9(2)3)16-7-5-6-13-11(15)14-12/h9-10H,4-8H2,1-3H3,(H2,13,14,15). The zero-order valence-corrected chi connectivity index (χ0v) is 12.5. The number of amides is 2. The van der Waals surface area contributed by atoms with Gasteiger partial charge in [0.1, 0.15) is 0 Å². The summed E-state index contributed by atoms with van der Waals surface area (Å²) in [6.07, 6.45) is 3.38. The number of hydrogen-bond donors (Lipinski definition) is 2. The molecule has 1 atom stereocenters. The number of carbonyl (C=O) groups is 1. The molecule has 2 N–H and O–H groups in total. The molecule has 0 bridgehead atoms. The van der Waals surface area contributed by atoms with Crippen LogP contribution in [0.25, 0.3) is 0 Å². The van der Waals surface area contributed by atoms with Crippen molar-refractivity contribution < 1.29 is 9.53 Å². The van der Waals surface area contributed by atoms with E-state index < -0.39 is 0 Å². The maximum Gasteiger partial charge on any atom is 0.323 e. The highest BCUT2D eigenvalue weighted by molar-refractivity contribution is 14.1. The van der Waals surface area contributed by atoms with Crippen LogP contribution in [0, 0.1) is 5.92 Å². The first-order valence-corrected chi connectivity index (χ1v) is 6.94. The summed E-state index contributed by atoms with van der Waals surface area (Å²) in [5.74, 6) is 0.674. The summed E-state index contributed by atoms with van der Waals surface area (Å²) < 4.78 is 8.23. The second-order valence-electron chi connectivity index (χ2n) is 4.23. The van der Waals surface area contributed by atoms with E-state index >= 15 is 0 Å². The minimum Gasteiger partial charge on any atom is -0.378 e. The second kappa shape index (κ2) is 10.1. The van der Waals surface area contributed by atoms with E-state index in [-0.39, 0.29) is 6.03 Å². The van der Waals surface area contributed by atoms with Crippen LogP contribution in [0.15, 0.2) is 0 Å². The summed E-state index contributed by atoms with van der Waals surface area (Å²) in [5, 5.41) is 2.73. The highest BCUT2D eigenvalue weighted by atomic mass is 127. The highest BCUT2D eigenvalue weighted by Gasteiger charge is 2.08. The molecule has 0 aromatic rings. The molecule has 0 saturated carbocycles. The van der Waals surface area contributed by atoms with Crippen molar-refractivity contribution in [3.05, 3.63) is 0 Å². The van der Waals surface area contributed by atoms with Crippen molar-refractivity contribution in [1.82, 2.24) is 8.85 Å². The van der Waals surface area contributed by atoms with Gasteiger partial charge in [-0.2, -0.15) is 0 Å². The fraction of sp³-hybridized carbons (Fsp3) is 0.909. The zero-order valence-electron chi connectivity index (χ0n) is 10.4. The van der Waals surface area contributed by atoms with Crippen molar-refractivity contribution in [3.63, 3.8) is 0 Å². The first-order chi connectivity index (χ1) is 7.60. The minimum atomic E-state index is -0.144. The predicted molar refractivity (Wildman–Crippen MR) is 74.7 cm³/mol. The Hall–Kier alpha value is -0.0400. The van der Waals surface area contributed by atoms with E-state index in [0.29, 0.717) is 25.2 Å². The quantitative estimate of drug-likeness (QED) is 0.405. The first-order valence-electron chi connectivity index (χ1n) is 5.86. The van der Waals surface area contributed by atoms with Crippen LogP contribution in [0.4, 0.5) is 4.79 Å². The monoisotopic (exact) mass is 342 g/mol. The minimum absolute atomic E-state index is 0.144. The molecular weight excluding hydrogens is 319 g/mol. The molecule has 1 unspecified atom stereocenters. The molecule has 0 spiro atoms. The zero-order chi connectivity index (χ0) is 12.4. The van der Waals surface area contributed by atoms with Gasteiger partial charge in [0.15, 0.2) is 0 Å². The fourth-order valence-electron chi connectivity index (χ4n) is 1.44. The summed E-state index contributed by atoms with van der Waals surface area (Å²) in [7, 11) is 0. The van der Waals surface area contributed by atoms with Gasteiger partial charge in [0, 0.05) is 13.2 Å².